The van der Waals surface area contributed by atoms with Crippen molar-refractivity contribution in [2.75, 3.05) is 5.32 Å². The van der Waals surface area contributed by atoms with Crippen molar-refractivity contribution in [1.29, 1.82) is 0 Å². The predicted molar refractivity (Wildman–Crippen MR) is 69.3 cm³/mol. The van der Waals surface area contributed by atoms with Crippen LogP contribution in [0.2, 0.25) is 0 Å². The van der Waals surface area contributed by atoms with Crippen molar-refractivity contribution in [2.24, 2.45) is 0 Å². The number of H-pyrrole nitrogens is 1. The minimum atomic E-state index is -0.812. The van der Waals surface area contributed by atoms with Crippen LogP contribution in [0.3, 0.4) is 0 Å². The molecule has 18 heavy (non-hydrogen) atoms. The molecule has 0 saturated heterocycles. The highest BCUT2D eigenvalue weighted by molar-refractivity contribution is 5.92. The lowest BCUT2D eigenvalue weighted by Crippen LogP contribution is -2.36. The van der Waals surface area contributed by atoms with Crippen LogP contribution >= 0.6 is 0 Å². The highest BCUT2D eigenvalue weighted by Gasteiger charge is 2.31. The fraction of sp³-hybridized carbons (Fsp3) is 0.692. The van der Waals surface area contributed by atoms with Gasteiger partial charge in [0.1, 0.15) is 0 Å². The van der Waals surface area contributed by atoms with E-state index in [1.54, 1.807) is 0 Å². The molecular formula is C13H21N3O2. The van der Waals surface area contributed by atoms with Crippen molar-refractivity contribution < 1.29 is 9.90 Å². The summed E-state index contributed by atoms with van der Waals surface area (Å²) in [7, 11) is 0. The largest absolute Gasteiger partial charge is 0.389 e. The number of rotatable bonds is 3. The monoisotopic (exact) mass is 251 g/mol. The number of carbonyl (C=O) groups excluding carboxylic acids is 1. The minimum absolute atomic E-state index is 0.132. The molecule has 1 aromatic heterocycles. The number of aromatic amines is 1. The number of anilines is 1. The summed E-state index contributed by atoms with van der Waals surface area (Å²) in [5.74, 6) is -0.132. The Labute approximate surface area is 107 Å². The van der Waals surface area contributed by atoms with Crippen LogP contribution in [0.4, 0.5) is 5.69 Å². The van der Waals surface area contributed by atoms with E-state index in [-0.39, 0.29) is 12.3 Å². The molecule has 5 heteroatoms. The maximum atomic E-state index is 12.0. The normalized spacial score (nSPS) is 18.6. The molecule has 1 aliphatic carbocycles. The van der Waals surface area contributed by atoms with E-state index in [4.69, 9.17) is 0 Å². The van der Waals surface area contributed by atoms with Crippen LogP contribution in [0.25, 0.3) is 0 Å². The van der Waals surface area contributed by atoms with Crippen LogP contribution in [-0.2, 0) is 4.79 Å². The number of hydrogen-bond acceptors (Lipinski definition) is 3. The van der Waals surface area contributed by atoms with Crippen molar-refractivity contribution in [1.82, 2.24) is 10.2 Å². The molecule has 5 nitrogen and oxygen atoms in total. The van der Waals surface area contributed by atoms with Crippen LogP contribution in [0, 0.1) is 13.8 Å². The third-order valence-corrected chi connectivity index (χ3v) is 3.67. The summed E-state index contributed by atoms with van der Waals surface area (Å²) in [6.45, 7) is 3.71. The van der Waals surface area contributed by atoms with Gasteiger partial charge in [-0.3, -0.25) is 9.89 Å². The lowest BCUT2D eigenvalue weighted by Gasteiger charge is -2.31. The van der Waals surface area contributed by atoms with E-state index in [0.29, 0.717) is 0 Å². The molecule has 0 radical (unpaired) electrons. The van der Waals surface area contributed by atoms with Gasteiger partial charge in [0.2, 0.25) is 5.91 Å². The molecule has 0 atom stereocenters. The average molecular weight is 251 g/mol. The second kappa shape index (κ2) is 5.10. The van der Waals surface area contributed by atoms with E-state index in [1.165, 1.54) is 0 Å². The molecule has 1 aromatic rings. The fourth-order valence-corrected chi connectivity index (χ4v) is 2.60. The standard InChI is InChI=1S/C13H21N3O2/c1-9-12(10(2)16-15-9)14-11(17)8-13(18)6-4-3-5-7-13/h18H,3-8H2,1-2H3,(H,14,17)(H,15,16). The number of aryl methyl sites for hydroxylation is 2. The number of hydrogen-bond donors (Lipinski definition) is 3. The first-order chi connectivity index (χ1) is 8.50. The first-order valence-corrected chi connectivity index (χ1v) is 6.54. The van der Waals surface area contributed by atoms with E-state index >= 15 is 0 Å². The van der Waals surface area contributed by atoms with Crippen molar-refractivity contribution in [3.05, 3.63) is 11.4 Å². The Balaban J connectivity index is 1.96. The lowest BCUT2D eigenvalue weighted by atomic mass is 9.82. The van der Waals surface area contributed by atoms with E-state index in [9.17, 15) is 9.90 Å². The maximum Gasteiger partial charge on any atom is 0.227 e. The number of carbonyl (C=O) groups is 1. The van der Waals surface area contributed by atoms with E-state index < -0.39 is 5.60 Å². The van der Waals surface area contributed by atoms with Gasteiger partial charge >= 0.3 is 0 Å². The Bertz CT molecular complexity index is 414. The van der Waals surface area contributed by atoms with Gasteiger partial charge in [0.05, 0.1) is 29.1 Å². The van der Waals surface area contributed by atoms with Crippen LogP contribution in [0.1, 0.15) is 49.9 Å². The molecule has 1 heterocycles. The predicted octanol–water partition coefficient (Wildman–Crippen LogP) is 2.05. The Morgan fingerprint density at radius 1 is 1.39 bits per heavy atom. The van der Waals surface area contributed by atoms with Crippen molar-refractivity contribution in [3.63, 3.8) is 0 Å². The zero-order valence-electron chi connectivity index (χ0n) is 11.0. The quantitative estimate of drug-likeness (QED) is 0.769. The molecule has 2 rings (SSSR count). The summed E-state index contributed by atoms with van der Waals surface area (Å²) in [4.78, 5) is 12.0. The lowest BCUT2D eigenvalue weighted by molar-refractivity contribution is -0.122. The van der Waals surface area contributed by atoms with Crippen LogP contribution < -0.4 is 5.32 Å². The van der Waals surface area contributed by atoms with Gasteiger partial charge in [0.25, 0.3) is 0 Å². The SMILES string of the molecule is Cc1n[nH]c(C)c1NC(=O)CC1(O)CCCCC1. The molecule has 0 spiro atoms. The van der Waals surface area contributed by atoms with Crippen molar-refractivity contribution >= 4 is 11.6 Å². The number of nitrogens with zero attached hydrogens (tertiary/aromatic N) is 1. The first kappa shape index (κ1) is 13.1. The summed E-state index contributed by atoms with van der Waals surface area (Å²) in [6.07, 6.45) is 4.80. The van der Waals surface area contributed by atoms with Crippen molar-refractivity contribution in [2.45, 2.75) is 58.0 Å². The zero-order chi connectivity index (χ0) is 13.2. The smallest absolute Gasteiger partial charge is 0.227 e. The Morgan fingerprint density at radius 2 is 2.06 bits per heavy atom. The summed E-state index contributed by atoms with van der Waals surface area (Å²) >= 11 is 0. The molecule has 1 saturated carbocycles. The number of aliphatic hydroxyl groups is 1. The van der Waals surface area contributed by atoms with Crippen LogP contribution in [0.15, 0.2) is 0 Å². The number of aromatic nitrogens is 2. The van der Waals surface area contributed by atoms with E-state index in [1.807, 2.05) is 13.8 Å². The average Bonchev–Trinajstić information content (AvgIpc) is 2.61. The van der Waals surface area contributed by atoms with Gasteiger partial charge in [-0.25, -0.2) is 0 Å². The molecule has 1 amide bonds. The highest BCUT2D eigenvalue weighted by atomic mass is 16.3. The summed E-state index contributed by atoms with van der Waals surface area (Å²) in [6, 6.07) is 0. The summed E-state index contributed by atoms with van der Waals surface area (Å²) < 4.78 is 0. The zero-order valence-corrected chi connectivity index (χ0v) is 11.0. The fourth-order valence-electron chi connectivity index (χ4n) is 2.60. The molecular weight excluding hydrogens is 230 g/mol. The molecule has 0 unspecified atom stereocenters. The topological polar surface area (TPSA) is 78.0 Å². The van der Waals surface area contributed by atoms with Gasteiger partial charge in [-0.1, -0.05) is 19.3 Å². The Morgan fingerprint density at radius 3 is 2.61 bits per heavy atom. The van der Waals surface area contributed by atoms with Crippen LogP contribution in [-0.4, -0.2) is 26.8 Å². The third-order valence-electron chi connectivity index (χ3n) is 3.67. The number of amides is 1. The van der Waals surface area contributed by atoms with E-state index in [2.05, 4.69) is 15.5 Å². The molecule has 3 N–H and O–H groups in total. The first-order valence-electron chi connectivity index (χ1n) is 6.54. The maximum absolute atomic E-state index is 12.0. The molecule has 0 bridgehead atoms. The molecule has 0 aromatic carbocycles. The summed E-state index contributed by atoms with van der Waals surface area (Å²) in [5, 5.41) is 20.0. The molecule has 1 fully saturated rings. The second-order valence-electron chi connectivity index (χ2n) is 5.32. The number of nitrogens with one attached hydrogen (secondary N) is 2. The van der Waals surface area contributed by atoms with Crippen molar-refractivity contribution in [3.8, 4) is 0 Å². The molecule has 1 aliphatic rings. The van der Waals surface area contributed by atoms with Gasteiger partial charge in [0.15, 0.2) is 0 Å². The van der Waals surface area contributed by atoms with Gasteiger partial charge < -0.3 is 10.4 Å². The van der Waals surface area contributed by atoms with Gasteiger partial charge in [-0.05, 0) is 26.7 Å². The second-order valence-corrected chi connectivity index (χ2v) is 5.32. The van der Waals surface area contributed by atoms with Gasteiger partial charge in [-0.2, -0.15) is 5.10 Å². The minimum Gasteiger partial charge on any atom is -0.389 e. The Hall–Kier alpha value is -1.36. The summed E-state index contributed by atoms with van der Waals surface area (Å²) in [5.41, 5.74) is 1.54. The van der Waals surface area contributed by atoms with Gasteiger partial charge in [-0.15, -0.1) is 0 Å². The molecule has 100 valence electrons. The third kappa shape index (κ3) is 2.90. The Kier molecular flexibility index (Phi) is 3.71. The van der Waals surface area contributed by atoms with Crippen LogP contribution in [0.5, 0.6) is 0 Å². The molecule has 0 aliphatic heterocycles. The van der Waals surface area contributed by atoms with Gasteiger partial charge in [0, 0.05) is 0 Å². The van der Waals surface area contributed by atoms with E-state index in [0.717, 1.165) is 49.2 Å². The highest BCUT2D eigenvalue weighted by Crippen LogP contribution is 2.31.